The Kier molecular flexibility index (Phi) is 10.3. The van der Waals surface area contributed by atoms with Gasteiger partial charge in [0.2, 0.25) is 0 Å². The number of ether oxygens (including phenoxy) is 2. The smallest absolute Gasteiger partial charge is 0.338 e. The Balaban J connectivity index is 1.36. The molecule has 1 N–H and O–H groups in total. The Labute approximate surface area is 259 Å². The van der Waals surface area contributed by atoms with Gasteiger partial charge in [-0.05, 0) is 65.7 Å². The summed E-state index contributed by atoms with van der Waals surface area (Å²) in [5, 5.41) is 22.9. The molecule has 0 aliphatic heterocycles. The molecular formula is C34H38N3O6S+. The molecule has 0 fully saturated rings. The number of nitrogens with zero attached hydrogens (tertiary/aromatic N) is 3. The van der Waals surface area contributed by atoms with E-state index in [9.17, 15) is 23.6 Å². The molecule has 0 saturated heterocycles. The fourth-order valence-corrected chi connectivity index (χ4v) is 6.12. The van der Waals surface area contributed by atoms with Gasteiger partial charge in [-0.25, -0.2) is 13.2 Å². The van der Waals surface area contributed by atoms with Gasteiger partial charge in [-0.3, -0.25) is 4.31 Å². The van der Waals surface area contributed by atoms with Crippen molar-refractivity contribution in [2.75, 3.05) is 51.8 Å². The van der Waals surface area contributed by atoms with E-state index in [1.54, 1.807) is 6.92 Å². The van der Waals surface area contributed by atoms with Gasteiger partial charge in [0.25, 0.3) is 10.0 Å². The van der Waals surface area contributed by atoms with Crippen LogP contribution in [-0.4, -0.2) is 77.5 Å². The zero-order valence-electron chi connectivity index (χ0n) is 25.4. The molecule has 0 aromatic heterocycles. The lowest BCUT2D eigenvalue weighted by Gasteiger charge is -2.32. The number of nitriles is 1. The molecule has 0 saturated carbocycles. The number of aliphatic hydroxyl groups excluding tert-OH is 1. The Hall–Kier alpha value is -4.43. The van der Waals surface area contributed by atoms with Crippen LogP contribution in [0.25, 0.3) is 10.8 Å². The molecule has 9 nitrogen and oxygen atoms in total. The van der Waals surface area contributed by atoms with Gasteiger partial charge < -0.3 is 19.1 Å². The minimum atomic E-state index is -3.98. The molecule has 0 amide bonds. The van der Waals surface area contributed by atoms with Crippen LogP contribution < -0.4 is 9.04 Å². The van der Waals surface area contributed by atoms with Gasteiger partial charge in [-0.1, -0.05) is 42.5 Å². The Morgan fingerprint density at radius 2 is 1.70 bits per heavy atom. The standard InChI is InChI=1S/C34H38N3O6S/c1-5-42-34(39)27-12-15-32(16-13-27)44(40,41)36(2)30-14-17-33(29(21-30)22-35)43-24-31(38)23-37(3,4)19-18-25-10-11-26-8-6-7-9-28(26)20-25/h6-17,20-21,31,38H,5,18-19,23-24H2,1-4H3/q+1/t31-/m1/s1. The van der Waals surface area contributed by atoms with Crippen LogP contribution in [-0.2, 0) is 21.2 Å². The maximum atomic E-state index is 13.2. The van der Waals surface area contributed by atoms with Crippen LogP contribution in [0, 0.1) is 11.3 Å². The van der Waals surface area contributed by atoms with E-state index in [2.05, 4.69) is 50.5 Å². The first-order chi connectivity index (χ1) is 20.9. The van der Waals surface area contributed by atoms with Crippen molar-refractivity contribution in [1.29, 1.82) is 5.26 Å². The third-order valence-corrected chi connectivity index (χ3v) is 9.23. The SMILES string of the molecule is CCOC(=O)c1ccc(S(=O)(=O)N(C)c2ccc(OC[C@H](O)C[N+](C)(C)CCc3ccc4ccccc4c3)c(C#N)c2)cc1. The zero-order valence-corrected chi connectivity index (χ0v) is 26.3. The Morgan fingerprint density at radius 3 is 2.39 bits per heavy atom. The number of quaternary nitrogens is 1. The van der Waals surface area contributed by atoms with Gasteiger partial charge in [0, 0.05) is 13.5 Å². The predicted octanol–water partition coefficient (Wildman–Crippen LogP) is 4.77. The minimum Gasteiger partial charge on any atom is -0.489 e. The van der Waals surface area contributed by atoms with Gasteiger partial charge in [0.1, 0.15) is 31.1 Å². The van der Waals surface area contributed by atoms with Gasteiger partial charge in [-0.15, -0.1) is 0 Å². The fourth-order valence-electron chi connectivity index (χ4n) is 4.93. The first kappa shape index (κ1) is 32.5. The summed E-state index contributed by atoms with van der Waals surface area (Å²) in [5.41, 5.74) is 1.88. The number of likely N-dealkylation sites (N-methyl/N-ethyl adjacent to an activating group) is 1. The van der Waals surface area contributed by atoms with Gasteiger partial charge >= 0.3 is 5.97 Å². The van der Waals surface area contributed by atoms with Crippen molar-refractivity contribution in [2.45, 2.75) is 24.3 Å². The summed E-state index contributed by atoms with van der Waals surface area (Å²) in [7, 11) is 1.52. The summed E-state index contributed by atoms with van der Waals surface area (Å²) in [5.74, 6) is -0.283. The number of benzene rings is 4. The summed E-state index contributed by atoms with van der Waals surface area (Å²) in [4.78, 5) is 11.9. The second-order valence-electron chi connectivity index (χ2n) is 11.2. The maximum absolute atomic E-state index is 13.2. The van der Waals surface area contributed by atoms with Gasteiger partial charge in [0.05, 0.1) is 49.0 Å². The maximum Gasteiger partial charge on any atom is 0.338 e. The van der Waals surface area contributed by atoms with Crippen LogP contribution in [0.4, 0.5) is 5.69 Å². The van der Waals surface area contributed by atoms with E-state index in [4.69, 9.17) is 9.47 Å². The van der Waals surface area contributed by atoms with E-state index in [1.165, 1.54) is 65.8 Å². The number of rotatable bonds is 13. The molecule has 0 spiro atoms. The summed E-state index contributed by atoms with van der Waals surface area (Å²) < 4.78 is 38.9. The number of anilines is 1. The van der Waals surface area contributed by atoms with Gasteiger partial charge in [0.15, 0.2) is 0 Å². The van der Waals surface area contributed by atoms with Crippen molar-refractivity contribution >= 4 is 32.5 Å². The number of hydrogen-bond donors (Lipinski definition) is 1. The van der Waals surface area contributed by atoms with E-state index in [0.29, 0.717) is 11.0 Å². The number of sulfonamides is 1. The third kappa shape index (κ3) is 7.94. The van der Waals surface area contributed by atoms with Crippen molar-refractivity contribution in [3.8, 4) is 11.8 Å². The lowest BCUT2D eigenvalue weighted by atomic mass is 10.0. The second kappa shape index (κ2) is 13.9. The second-order valence-corrected chi connectivity index (χ2v) is 13.2. The number of aliphatic hydroxyl groups is 1. The fraction of sp³-hybridized carbons (Fsp3) is 0.294. The summed E-state index contributed by atoms with van der Waals surface area (Å²) in [6.45, 7) is 3.15. The van der Waals surface area contributed by atoms with Crippen LogP contribution in [0.3, 0.4) is 0 Å². The molecule has 4 aromatic rings. The number of carbonyl (C=O) groups is 1. The predicted molar refractivity (Wildman–Crippen MR) is 170 cm³/mol. The van der Waals surface area contributed by atoms with Crippen LogP contribution in [0.2, 0.25) is 0 Å². The average Bonchev–Trinajstić information content (AvgIpc) is 3.02. The molecule has 1 atom stereocenters. The molecule has 0 radical (unpaired) electrons. The molecule has 0 aliphatic rings. The summed E-state index contributed by atoms with van der Waals surface area (Å²) >= 11 is 0. The average molecular weight is 617 g/mol. The van der Waals surface area contributed by atoms with Crippen LogP contribution >= 0.6 is 0 Å². The summed E-state index contributed by atoms with van der Waals surface area (Å²) in [6, 6.07) is 26.7. The van der Waals surface area contributed by atoms with E-state index in [1.807, 2.05) is 12.1 Å². The van der Waals surface area contributed by atoms with Crippen LogP contribution in [0.1, 0.15) is 28.4 Å². The molecule has 44 heavy (non-hydrogen) atoms. The third-order valence-electron chi connectivity index (χ3n) is 7.43. The van der Waals surface area contributed by atoms with E-state index in [0.717, 1.165) is 17.3 Å². The van der Waals surface area contributed by atoms with E-state index < -0.39 is 22.1 Å². The minimum absolute atomic E-state index is 0.0173. The van der Waals surface area contributed by atoms with Crippen molar-refractivity contribution in [3.05, 3.63) is 102 Å². The first-order valence-electron chi connectivity index (χ1n) is 14.3. The van der Waals surface area contributed by atoms with Gasteiger partial charge in [-0.2, -0.15) is 5.26 Å². The molecular weight excluding hydrogens is 578 g/mol. The summed E-state index contributed by atoms with van der Waals surface area (Å²) in [6.07, 6.45) is 0.0747. The molecule has 4 rings (SSSR count). The van der Waals surface area contributed by atoms with Crippen molar-refractivity contribution in [2.24, 2.45) is 0 Å². The quantitative estimate of drug-likeness (QED) is 0.170. The highest BCUT2D eigenvalue weighted by Crippen LogP contribution is 2.28. The zero-order chi connectivity index (χ0) is 31.9. The molecule has 10 heteroatoms. The van der Waals surface area contributed by atoms with E-state index >= 15 is 0 Å². The topological polar surface area (TPSA) is 117 Å². The molecule has 0 bridgehead atoms. The highest BCUT2D eigenvalue weighted by atomic mass is 32.2. The number of fused-ring (bicyclic) bond motifs is 1. The number of carbonyl (C=O) groups excluding carboxylic acids is 1. The Morgan fingerprint density at radius 1 is 1.00 bits per heavy atom. The van der Waals surface area contributed by atoms with Crippen LogP contribution in [0.5, 0.6) is 5.75 Å². The molecule has 230 valence electrons. The lowest BCUT2D eigenvalue weighted by Crippen LogP contribution is -2.48. The van der Waals surface area contributed by atoms with Crippen LogP contribution in [0.15, 0.2) is 89.8 Å². The van der Waals surface area contributed by atoms with Crippen molar-refractivity contribution < 1.29 is 32.3 Å². The van der Waals surface area contributed by atoms with Crippen molar-refractivity contribution in [1.82, 2.24) is 0 Å². The van der Waals surface area contributed by atoms with E-state index in [-0.39, 0.29) is 40.7 Å². The Bertz CT molecular complexity index is 1760. The van der Waals surface area contributed by atoms with Crippen molar-refractivity contribution in [3.63, 3.8) is 0 Å². The largest absolute Gasteiger partial charge is 0.489 e. The monoisotopic (exact) mass is 616 g/mol. The first-order valence-corrected chi connectivity index (χ1v) is 15.8. The molecule has 0 unspecified atom stereocenters. The lowest BCUT2D eigenvalue weighted by molar-refractivity contribution is -0.893. The molecule has 4 aromatic carbocycles. The highest BCUT2D eigenvalue weighted by molar-refractivity contribution is 7.92. The molecule has 0 aliphatic carbocycles. The number of esters is 1. The normalized spacial score (nSPS) is 12.4. The molecule has 0 heterocycles. The number of hydrogen-bond acceptors (Lipinski definition) is 7. The highest BCUT2D eigenvalue weighted by Gasteiger charge is 2.24.